The summed E-state index contributed by atoms with van der Waals surface area (Å²) in [6.07, 6.45) is 2.62. The van der Waals surface area contributed by atoms with Crippen molar-refractivity contribution in [3.8, 4) is 0 Å². The molecule has 1 amide bonds. The summed E-state index contributed by atoms with van der Waals surface area (Å²) in [5.41, 5.74) is -0.139. The molecule has 19 heavy (non-hydrogen) atoms. The van der Waals surface area contributed by atoms with Gasteiger partial charge in [0.05, 0.1) is 18.9 Å². The van der Waals surface area contributed by atoms with E-state index in [4.69, 9.17) is 5.11 Å². The van der Waals surface area contributed by atoms with Gasteiger partial charge in [-0.1, -0.05) is 0 Å². The zero-order chi connectivity index (χ0) is 14.4. The highest BCUT2D eigenvalue weighted by molar-refractivity contribution is 5.85. The van der Waals surface area contributed by atoms with Gasteiger partial charge < -0.3 is 15.3 Å². The Balaban J connectivity index is 2.82. The van der Waals surface area contributed by atoms with Crippen LogP contribution < -0.4 is 10.2 Å². The number of likely N-dealkylation sites (N-methyl/N-ethyl adjacent to an activating group) is 1. The molecule has 0 aliphatic heterocycles. The Morgan fingerprint density at radius 1 is 1.42 bits per heavy atom. The van der Waals surface area contributed by atoms with Crippen molar-refractivity contribution < 1.29 is 14.7 Å². The predicted octanol–water partition coefficient (Wildman–Crippen LogP) is 0.526. The van der Waals surface area contributed by atoms with Gasteiger partial charge in [0.2, 0.25) is 5.91 Å². The number of amides is 1. The fourth-order valence-electron chi connectivity index (χ4n) is 1.51. The van der Waals surface area contributed by atoms with E-state index in [0.29, 0.717) is 12.4 Å². The molecule has 1 heterocycles. The molecule has 1 rings (SSSR count). The summed E-state index contributed by atoms with van der Waals surface area (Å²) in [4.78, 5) is 32.0. The second-order valence-corrected chi connectivity index (χ2v) is 4.30. The molecule has 0 bridgehead atoms. The predicted molar refractivity (Wildman–Crippen MR) is 70.2 cm³/mol. The molecule has 0 saturated carbocycles. The van der Waals surface area contributed by atoms with Gasteiger partial charge in [0, 0.05) is 12.6 Å². The van der Waals surface area contributed by atoms with Crippen molar-refractivity contribution in [1.82, 2.24) is 15.3 Å². The van der Waals surface area contributed by atoms with E-state index in [0.717, 1.165) is 0 Å². The smallest absolute Gasteiger partial charge is 0.356 e. The first kappa shape index (κ1) is 14.9. The highest BCUT2D eigenvalue weighted by atomic mass is 16.4. The first-order valence-electron chi connectivity index (χ1n) is 6.03. The van der Waals surface area contributed by atoms with Gasteiger partial charge in [-0.2, -0.15) is 0 Å². The van der Waals surface area contributed by atoms with E-state index in [1.54, 1.807) is 4.90 Å². The molecule has 2 N–H and O–H groups in total. The van der Waals surface area contributed by atoms with Crippen molar-refractivity contribution >= 4 is 17.7 Å². The van der Waals surface area contributed by atoms with E-state index in [-0.39, 0.29) is 24.2 Å². The van der Waals surface area contributed by atoms with E-state index in [2.05, 4.69) is 15.3 Å². The number of rotatable bonds is 6. The van der Waals surface area contributed by atoms with Crippen LogP contribution in [0.4, 0.5) is 5.82 Å². The molecule has 104 valence electrons. The molecule has 0 aliphatic rings. The van der Waals surface area contributed by atoms with Gasteiger partial charge in [0.15, 0.2) is 5.69 Å². The number of carbonyl (C=O) groups excluding carboxylic acids is 1. The van der Waals surface area contributed by atoms with Crippen LogP contribution in [0.1, 0.15) is 31.3 Å². The van der Waals surface area contributed by atoms with E-state index in [9.17, 15) is 9.59 Å². The summed E-state index contributed by atoms with van der Waals surface area (Å²) in [6.45, 7) is 6.26. The lowest BCUT2D eigenvalue weighted by molar-refractivity contribution is -0.120. The first-order chi connectivity index (χ1) is 8.93. The van der Waals surface area contributed by atoms with Crippen molar-refractivity contribution in [2.45, 2.75) is 26.8 Å². The van der Waals surface area contributed by atoms with Crippen molar-refractivity contribution in [2.75, 3.05) is 18.0 Å². The largest absolute Gasteiger partial charge is 0.476 e. The van der Waals surface area contributed by atoms with Crippen LogP contribution in [0, 0.1) is 0 Å². The van der Waals surface area contributed by atoms with Gasteiger partial charge in [-0.3, -0.25) is 9.78 Å². The van der Waals surface area contributed by atoms with Gasteiger partial charge in [-0.25, -0.2) is 9.78 Å². The Morgan fingerprint density at radius 3 is 2.63 bits per heavy atom. The summed E-state index contributed by atoms with van der Waals surface area (Å²) >= 11 is 0. The topological polar surface area (TPSA) is 95.4 Å². The third-order valence-corrected chi connectivity index (χ3v) is 2.33. The van der Waals surface area contributed by atoms with Crippen molar-refractivity contribution in [2.24, 2.45) is 0 Å². The fourth-order valence-corrected chi connectivity index (χ4v) is 1.51. The second-order valence-electron chi connectivity index (χ2n) is 4.30. The molecule has 1 aromatic rings. The molecule has 0 spiro atoms. The van der Waals surface area contributed by atoms with Crippen LogP contribution in [0.3, 0.4) is 0 Å². The second kappa shape index (κ2) is 6.67. The Morgan fingerprint density at radius 2 is 2.11 bits per heavy atom. The molecule has 7 nitrogen and oxygen atoms in total. The lowest BCUT2D eigenvalue weighted by Gasteiger charge is -2.21. The molecule has 0 unspecified atom stereocenters. The van der Waals surface area contributed by atoms with E-state index < -0.39 is 5.97 Å². The van der Waals surface area contributed by atoms with Crippen molar-refractivity contribution in [3.63, 3.8) is 0 Å². The SMILES string of the molecule is CCN(CC(=O)NC(C)C)c1cncc(C(=O)O)n1. The average Bonchev–Trinajstić information content (AvgIpc) is 2.35. The summed E-state index contributed by atoms with van der Waals surface area (Å²) in [6, 6.07) is 0.0580. The minimum Gasteiger partial charge on any atom is -0.476 e. The van der Waals surface area contributed by atoms with Crippen molar-refractivity contribution in [1.29, 1.82) is 0 Å². The van der Waals surface area contributed by atoms with Crippen LogP contribution in [0.2, 0.25) is 0 Å². The number of hydrogen-bond donors (Lipinski definition) is 2. The minimum absolute atomic E-state index is 0.0580. The van der Waals surface area contributed by atoms with Gasteiger partial charge >= 0.3 is 5.97 Å². The number of nitrogens with zero attached hydrogens (tertiary/aromatic N) is 3. The van der Waals surface area contributed by atoms with E-state index in [1.165, 1.54) is 12.4 Å². The molecule has 0 aromatic carbocycles. The fraction of sp³-hybridized carbons (Fsp3) is 0.500. The van der Waals surface area contributed by atoms with E-state index >= 15 is 0 Å². The third kappa shape index (κ3) is 4.53. The normalized spacial score (nSPS) is 10.3. The zero-order valence-corrected chi connectivity index (χ0v) is 11.3. The highest BCUT2D eigenvalue weighted by Gasteiger charge is 2.14. The van der Waals surface area contributed by atoms with Gasteiger partial charge in [0.25, 0.3) is 0 Å². The standard InChI is InChI=1S/C12H18N4O3/c1-4-16(7-11(17)14-8(2)3)10-6-13-5-9(15-10)12(18)19/h5-6,8H,4,7H2,1-3H3,(H,14,17)(H,18,19). The monoisotopic (exact) mass is 266 g/mol. The van der Waals surface area contributed by atoms with Gasteiger partial charge in [0.1, 0.15) is 5.82 Å². The Bertz CT molecular complexity index is 462. The van der Waals surface area contributed by atoms with E-state index in [1.807, 2.05) is 20.8 Å². The van der Waals surface area contributed by atoms with Crippen LogP contribution >= 0.6 is 0 Å². The molecule has 7 heteroatoms. The number of hydrogen-bond acceptors (Lipinski definition) is 5. The number of nitrogens with one attached hydrogen (secondary N) is 1. The maximum absolute atomic E-state index is 11.7. The molecule has 0 aliphatic carbocycles. The van der Waals surface area contributed by atoms with Crippen LogP contribution in [-0.4, -0.2) is 46.1 Å². The number of carbonyl (C=O) groups is 2. The zero-order valence-electron chi connectivity index (χ0n) is 11.3. The number of carboxylic acids is 1. The Labute approximate surface area is 111 Å². The summed E-state index contributed by atoms with van der Waals surface area (Å²) in [5.74, 6) is -0.905. The molecule has 0 atom stereocenters. The maximum Gasteiger partial charge on any atom is 0.356 e. The van der Waals surface area contributed by atoms with Gasteiger partial charge in [-0.05, 0) is 20.8 Å². The Kier molecular flexibility index (Phi) is 5.23. The molecule has 0 saturated heterocycles. The maximum atomic E-state index is 11.7. The summed E-state index contributed by atoms with van der Waals surface area (Å²) in [5, 5.41) is 11.6. The average molecular weight is 266 g/mol. The molecular formula is C12H18N4O3. The summed E-state index contributed by atoms with van der Waals surface area (Å²) < 4.78 is 0. The first-order valence-corrected chi connectivity index (χ1v) is 6.03. The molecular weight excluding hydrogens is 248 g/mol. The van der Waals surface area contributed by atoms with Crippen molar-refractivity contribution in [3.05, 3.63) is 18.1 Å². The number of anilines is 1. The minimum atomic E-state index is -1.14. The quantitative estimate of drug-likeness (QED) is 0.779. The van der Waals surface area contributed by atoms with Crippen LogP contribution in [0.25, 0.3) is 0 Å². The van der Waals surface area contributed by atoms with Crippen LogP contribution in [0.15, 0.2) is 12.4 Å². The van der Waals surface area contributed by atoms with Gasteiger partial charge in [-0.15, -0.1) is 0 Å². The summed E-state index contributed by atoms with van der Waals surface area (Å²) in [7, 11) is 0. The molecule has 1 aromatic heterocycles. The van der Waals surface area contributed by atoms with Crippen LogP contribution in [0.5, 0.6) is 0 Å². The number of aromatic carboxylic acids is 1. The lowest BCUT2D eigenvalue weighted by atomic mass is 10.3. The molecule has 0 fully saturated rings. The Hall–Kier alpha value is -2.18. The van der Waals surface area contributed by atoms with Crippen LogP contribution in [-0.2, 0) is 4.79 Å². The molecule has 0 radical (unpaired) electrons. The number of aromatic nitrogens is 2. The third-order valence-electron chi connectivity index (χ3n) is 2.33. The number of carboxylic acid groups (broad SMARTS) is 1. The lowest BCUT2D eigenvalue weighted by Crippen LogP contribution is -2.40. The highest BCUT2D eigenvalue weighted by Crippen LogP contribution is 2.09.